The first-order valence-electron chi connectivity index (χ1n) is 10.6. The van der Waals surface area contributed by atoms with Crippen molar-refractivity contribution < 1.29 is 9.59 Å². The molecule has 2 saturated heterocycles. The summed E-state index contributed by atoms with van der Waals surface area (Å²) in [5, 5.41) is 0. The molecule has 30 heavy (non-hydrogen) atoms. The molecule has 2 atom stereocenters. The number of carbonyl (C=O) groups is 2. The lowest BCUT2D eigenvalue weighted by atomic mass is 10.0. The number of hydrogen-bond donors (Lipinski definition) is 1. The SMILES string of the molecule is CN(C)c1ccccc1C(=O)N1CC2CN(c3cccc(CCC(N)=O)c3)CC2C1. The van der Waals surface area contributed by atoms with Crippen LogP contribution in [0.15, 0.2) is 48.5 Å². The summed E-state index contributed by atoms with van der Waals surface area (Å²) in [6.45, 7) is 3.54. The van der Waals surface area contributed by atoms with Gasteiger partial charge in [-0.15, -0.1) is 0 Å². The van der Waals surface area contributed by atoms with Gasteiger partial charge >= 0.3 is 0 Å². The first-order valence-corrected chi connectivity index (χ1v) is 10.6. The van der Waals surface area contributed by atoms with Crippen molar-refractivity contribution >= 4 is 23.2 Å². The molecule has 2 aromatic rings. The summed E-state index contributed by atoms with van der Waals surface area (Å²) in [4.78, 5) is 30.7. The van der Waals surface area contributed by atoms with Crippen LogP contribution in [0.25, 0.3) is 0 Å². The average molecular weight is 407 g/mol. The zero-order valence-electron chi connectivity index (χ0n) is 17.8. The number of para-hydroxylation sites is 1. The highest BCUT2D eigenvalue weighted by molar-refractivity contribution is 6.00. The molecule has 0 bridgehead atoms. The maximum Gasteiger partial charge on any atom is 0.255 e. The zero-order valence-corrected chi connectivity index (χ0v) is 17.8. The van der Waals surface area contributed by atoms with E-state index in [1.165, 1.54) is 5.69 Å². The van der Waals surface area contributed by atoms with E-state index in [2.05, 4.69) is 17.0 Å². The van der Waals surface area contributed by atoms with E-state index in [1.807, 2.05) is 60.3 Å². The van der Waals surface area contributed by atoms with Crippen LogP contribution in [0.4, 0.5) is 11.4 Å². The lowest BCUT2D eigenvalue weighted by molar-refractivity contribution is -0.117. The Morgan fingerprint density at radius 3 is 2.37 bits per heavy atom. The quantitative estimate of drug-likeness (QED) is 0.800. The molecule has 158 valence electrons. The van der Waals surface area contributed by atoms with Gasteiger partial charge in [-0.05, 0) is 36.2 Å². The summed E-state index contributed by atoms with van der Waals surface area (Å²) in [6, 6.07) is 16.2. The van der Waals surface area contributed by atoms with E-state index in [0.717, 1.165) is 43.0 Å². The Morgan fingerprint density at radius 1 is 1.00 bits per heavy atom. The Kier molecular flexibility index (Phi) is 5.66. The Balaban J connectivity index is 1.40. The molecule has 0 spiro atoms. The summed E-state index contributed by atoms with van der Waals surface area (Å²) in [5.41, 5.74) is 9.37. The summed E-state index contributed by atoms with van der Waals surface area (Å²) in [7, 11) is 3.94. The number of nitrogens with zero attached hydrogens (tertiary/aromatic N) is 3. The van der Waals surface area contributed by atoms with Crippen LogP contribution < -0.4 is 15.5 Å². The van der Waals surface area contributed by atoms with E-state index in [4.69, 9.17) is 5.73 Å². The Hall–Kier alpha value is -3.02. The van der Waals surface area contributed by atoms with Crippen LogP contribution in [0.5, 0.6) is 0 Å². The fourth-order valence-electron chi connectivity index (χ4n) is 4.76. The van der Waals surface area contributed by atoms with Crippen molar-refractivity contribution in [3.63, 3.8) is 0 Å². The minimum absolute atomic E-state index is 0.133. The normalized spacial score (nSPS) is 20.3. The molecule has 2 heterocycles. The van der Waals surface area contributed by atoms with E-state index >= 15 is 0 Å². The Bertz CT molecular complexity index is 928. The van der Waals surface area contributed by atoms with Crippen molar-refractivity contribution in [2.24, 2.45) is 17.6 Å². The van der Waals surface area contributed by atoms with E-state index < -0.39 is 0 Å². The number of anilines is 2. The van der Waals surface area contributed by atoms with Gasteiger partial charge in [0.25, 0.3) is 5.91 Å². The van der Waals surface area contributed by atoms with E-state index in [9.17, 15) is 9.59 Å². The first kappa shape index (κ1) is 20.3. The van der Waals surface area contributed by atoms with Crippen molar-refractivity contribution in [3.8, 4) is 0 Å². The number of carbonyl (C=O) groups excluding carboxylic acids is 2. The third-order valence-corrected chi connectivity index (χ3v) is 6.33. The van der Waals surface area contributed by atoms with Gasteiger partial charge in [0.15, 0.2) is 0 Å². The topological polar surface area (TPSA) is 69.9 Å². The standard InChI is InChI=1S/C24H30N4O2/c1-26(2)22-9-4-3-8-21(22)24(30)28-15-18-13-27(14-19(18)16-28)20-7-5-6-17(12-20)10-11-23(25)29/h3-9,12,18-19H,10-11,13-16H2,1-2H3,(H2,25,29). The molecule has 4 rings (SSSR count). The largest absolute Gasteiger partial charge is 0.377 e. The molecular formula is C24H30N4O2. The van der Waals surface area contributed by atoms with Gasteiger partial charge < -0.3 is 20.4 Å². The van der Waals surface area contributed by atoms with Crippen LogP contribution in [-0.4, -0.2) is 57.0 Å². The average Bonchev–Trinajstić information content (AvgIpc) is 3.31. The number of likely N-dealkylation sites (tertiary alicyclic amines) is 1. The highest BCUT2D eigenvalue weighted by Crippen LogP contribution is 2.35. The predicted octanol–water partition coefficient (Wildman–Crippen LogP) is 2.38. The van der Waals surface area contributed by atoms with Crippen LogP contribution in [0.2, 0.25) is 0 Å². The van der Waals surface area contributed by atoms with Crippen LogP contribution in [-0.2, 0) is 11.2 Å². The van der Waals surface area contributed by atoms with E-state index in [-0.39, 0.29) is 11.8 Å². The van der Waals surface area contributed by atoms with Gasteiger partial charge in [-0.2, -0.15) is 0 Å². The second kappa shape index (κ2) is 8.38. The second-order valence-corrected chi connectivity index (χ2v) is 8.68. The maximum atomic E-state index is 13.2. The summed E-state index contributed by atoms with van der Waals surface area (Å²) in [5.74, 6) is 0.856. The molecule has 6 heteroatoms. The van der Waals surface area contributed by atoms with Crippen molar-refractivity contribution in [2.45, 2.75) is 12.8 Å². The number of benzene rings is 2. The van der Waals surface area contributed by atoms with Crippen LogP contribution in [0.3, 0.4) is 0 Å². The molecule has 2 unspecified atom stereocenters. The molecule has 0 aromatic heterocycles. The summed E-state index contributed by atoms with van der Waals surface area (Å²) < 4.78 is 0. The third kappa shape index (κ3) is 4.13. The van der Waals surface area contributed by atoms with Gasteiger partial charge in [-0.1, -0.05) is 24.3 Å². The highest BCUT2D eigenvalue weighted by atomic mass is 16.2. The number of aryl methyl sites for hydroxylation is 1. The third-order valence-electron chi connectivity index (χ3n) is 6.33. The summed E-state index contributed by atoms with van der Waals surface area (Å²) in [6.07, 6.45) is 1.05. The van der Waals surface area contributed by atoms with Gasteiger partial charge in [0, 0.05) is 69.9 Å². The number of amides is 2. The predicted molar refractivity (Wildman–Crippen MR) is 120 cm³/mol. The van der Waals surface area contributed by atoms with Gasteiger partial charge in [0.2, 0.25) is 5.91 Å². The maximum absolute atomic E-state index is 13.2. The van der Waals surface area contributed by atoms with Crippen molar-refractivity contribution in [2.75, 3.05) is 50.1 Å². The van der Waals surface area contributed by atoms with E-state index in [1.54, 1.807) is 0 Å². The smallest absolute Gasteiger partial charge is 0.255 e. The van der Waals surface area contributed by atoms with Crippen LogP contribution in [0.1, 0.15) is 22.3 Å². The lowest BCUT2D eigenvalue weighted by Gasteiger charge is -2.25. The second-order valence-electron chi connectivity index (χ2n) is 8.68. The van der Waals surface area contributed by atoms with Gasteiger partial charge in [0.1, 0.15) is 0 Å². The Labute approximate surface area is 178 Å². The lowest BCUT2D eigenvalue weighted by Crippen LogP contribution is -2.34. The molecule has 2 fully saturated rings. The van der Waals surface area contributed by atoms with Gasteiger partial charge in [-0.25, -0.2) is 0 Å². The van der Waals surface area contributed by atoms with Gasteiger partial charge in [-0.3, -0.25) is 9.59 Å². The molecule has 0 aliphatic carbocycles. The molecular weight excluding hydrogens is 376 g/mol. The number of fused-ring (bicyclic) bond motifs is 1. The molecule has 2 N–H and O–H groups in total. The zero-order chi connectivity index (χ0) is 21.3. The first-order chi connectivity index (χ1) is 14.4. The highest BCUT2D eigenvalue weighted by Gasteiger charge is 2.42. The minimum atomic E-state index is -0.267. The van der Waals surface area contributed by atoms with Crippen molar-refractivity contribution in [1.29, 1.82) is 0 Å². The number of rotatable bonds is 6. The number of nitrogens with two attached hydrogens (primary N) is 1. The molecule has 0 radical (unpaired) electrons. The number of hydrogen-bond acceptors (Lipinski definition) is 4. The van der Waals surface area contributed by atoms with E-state index in [0.29, 0.717) is 24.7 Å². The molecule has 2 aromatic carbocycles. The fourth-order valence-corrected chi connectivity index (χ4v) is 4.76. The molecule has 2 amide bonds. The van der Waals surface area contributed by atoms with Crippen LogP contribution in [0, 0.1) is 11.8 Å². The molecule has 2 aliphatic heterocycles. The fraction of sp³-hybridized carbons (Fsp3) is 0.417. The molecule has 6 nitrogen and oxygen atoms in total. The van der Waals surface area contributed by atoms with Crippen molar-refractivity contribution in [3.05, 3.63) is 59.7 Å². The monoisotopic (exact) mass is 406 g/mol. The van der Waals surface area contributed by atoms with Gasteiger partial charge in [0.05, 0.1) is 5.56 Å². The minimum Gasteiger partial charge on any atom is -0.377 e. The summed E-state index contributed by atoms with van der Waals surface area (Å²) >= 11 is 0. The molecule has 2 aliphatic rings. The number of primary amides is 1. The Morgan fingerprint density at radius 2 is 1.70 bits per heavy atom. The molecule has 0 saturated carbocycles. The van der Waals surface area contributed by atoms with Crippen molar-refractivity contribution in [1.82, 2.24) is 4.90 Å². The van der Waals surface area contributed by atoms with Crippen LogP contribution >= 0.6 is 0 Å².